The fourth-order valence-corrected chi connectivity index (χ4v) is 2.20. The molecule has 0 radical (unpaired) electrons. The predicted molar refractivity (Wildman–Crippen MR) is 70.2 cm³/mol. The molecule has 0 spiro atoms. The van der Waals surface area contributed by atoms with Crippen molar-refractivity contribution in [2.75, 3.05) is 5.43 Å². The first-order chi connectivity index (χ1) is 8.19. The number of hydrazine groups is 1. The van der Waals surface area contributed by atoms with Crippen LogP contribution in [-0.2, 0) is 0 Å². The summed E-state index contributed by atoms with van der Waals surface area (Å²) in [5, 5.41) is 1.19. The van der Waals surface area contributed by atoms with Crippen LogP contribution in [0.25, 0.3) is 0 Å². The lowest BCUT2D eigenvalue weighted by Gasteiger charge is -2.05. The normalized spacial score (nSPS) is 10.3. The maximum atomic E-state index is 6.02. The Morgan fingerprint density at radius 3 is 2.65 bits per heavy atom. The van der Waals surface area contributed by atoms with Gasteiger partial charge in [-0.25, -0.2) is 15.8 Å². The molecular formula is C11H11ClN4S. The van der Waals surface area contributed by atoms with Crippen molar-refractivity contribution in [3.05, 3.63) is 41.0 Å². The Hall–Kier alpha value is -1.30. The van der Waals surface area contributed by atoms with Gasteiger partial charge in [0.1, 0.15) is 5.03 Å². The molecule has 0 saturated heterocycles. The van der Waals surface area contributed by atoms with E-state index in [1.807, 2.05) is 31.2 Å². The van der Waals surface area contributed by atoms with Gasteiger partial charge in [-0.3, -0.25) is 5.43 Å². The van der Waals surface area contributed by atoms with E-state index in [0.29, 0.717) is 16.0 Å². The van der Waals surface area contributed by atoms with Gasteiger partial charge in [0, 0.05) is 4.90 Å². The summed E-state index contributed by atoms with van der Waals surface area (Å²) < 4.78 is 0. The fourth-order valence-electron chi connectivity index (χ4n) is 1.21. The number of benzene rings is 1. The minimum Gasteiger partial charge on any atom is -0.292 e. The van der Waals surface area contributed by atoms with E-state index in [4.69, 9.17) is 17.4 Å². The van der Waals surface area contributed by atoms with Gasteiger partial charge in [-0.1, -0.05) is 41.1 Å². The monoisotopic (exact) mass is 266 g/mol. The Morgan fingerprint density at radius 1 is 1.29 bits per heavy atom. The van der Waals surface area contributed by atoms with E-state index >= 15 is 0 Å². The molecule has 0 bridgehead atoms. The molecule has 1 aromatic carbocycles. The number of hydrogen-bond acceptors (Lipinski definition) is 5. The Bertz CT molecular complexity index is 515. The highest BCUT2D eigenvalue weighted by Crippen LogP contribution is 2.31. The third-order valence-corrected chi connectivity index (χ3v) is 3.48. The van der Waals surface area contributed by atoms with Crippen LogP contribution in [0.3, 0.4) is 0 Å². The molecule has 0 fully saturated rings. The number of rotatable bonds is 3. The van der Waals surface area contributed by atoms with Gasteiger partial charge < -0.3 is 0 Å². The number of nitrogens with zero attached hydrogens (tertiary/aromatic N) is 2. The lowest BCUT2D eigenvalue weighted by Crippen LogP contribution is -2.10. The molecule has 0 unspecified atom stereocenters. The van der Waals surface area contributed by atoms with Gasteiger partial charge in [-0.2, -0.15) is 0 Å². The molecule has 17 heavy (non-hydrogen) atoms. The van der Waals surface area contributed by atoms with Crippen LogP contribution in [0.4, 0.5) is 5.95 Å². The van der Waals surface area contributed by atoms with Gasteiger partial charge >= 0.3 is 0 Å². The molecule has 0 aliphatic heterocycles. The molecule has 1 heterocycles. The largest absolute Gasteiger partial charge is 0.292 e. The van der Waals surface area contributed by atoms with Gasteiger partial charge in [0.25, 0.3) is 0 Å². The highest BCUT2D eigenvalue weighted by molar-refractivity contribution is 7.99. The van der Waals surface area contributed by atoms with Crippen LogP contribution in [0.15, 0.2) is 40.4 Å². The van der Waals surface area contributed by atoms with E-state index in [1.54, 1.807) is 0 Å². The van der Waals surface area contributed by atoms with E-state index in [9.17, 15) is 0 Å². The lowest BCUT2D eigenvalue weighted by atomic mass is 10.2. The van der Waals surface area contributed by atoms with Crippen molar-refractivity contribution in [1.82, 2.24) is 9.97 Å². The highest BCUT2D eigenvalue weighted by atomic mass is 35.5. The van der Waals surface area contributed by atoms with Crippen molar-refractivity contribution in [2.45, 2.75) is 16.8 Å². The van der Waals surface area contributed by atoms with E-state index in [0.717, 1.165) is 4.90 Å². The first-order valence-electron chi connectivity index (χ1n) is 4.92. The van der Waals surface area contributed by atoms with Gasteiger partial charge in [-0.05, 0) is 19.1 Å². The summed E-state index contributed by atoms with van der Waals surface area (Å²) in [6.07, 6.45) is 1.53. The summed E-state index contributed by atoms with van der Waals surface area (Å²) in [4.78, 5) is 9.18. The first kappa shape index (κ1) is 12.2. The minimum absolute atomic E-state index is 0.351. The second-order valence-electron chi connectivity index (χ2n) is 3.41. The average Bonchev–Trinajstić information content (AvgIpc) is 2.35. The summed E-state index contributed by atoms with van der Waals surface area (Å²) in [6, 6.07) is 8.13. The number of anilines is 1. The number of hydrogen-bond donors (Lipinski definition) is 2. The maximum absolute atomic E-state index is 6.02. The topological polar surface area (TPSA) is 63.8 Å². The average molecular weight is 267 g/mol. The number of aromatic nitrogens is 2. The van der Waals surface area contributed by atoms with Crippen molar-refractivity contribution in [3.63, 3.8) is 0 Å². The zero-order valence-electron chi connectivity index (χ0n) is 9.14. The molecule has 3 N–H and O–H groups in total. The fraction of sp³-hybridized carbons (Fsp3) is 0.0909. The van der Waals surface area contributed by atoms with Gasteiger partial charge in [-0.15, -0.1) is 0 Å². The quantitative estimate of drug-likeness (QED) is 0.508. The van der Waals surface area contributed by atoms with Crippen molar-refractivity contribution in [3.8, 4) is 0 Å². The van der Waals surface area contributed by atoms with Crippen molar-refractivity contribution in [2.24, 2.45) is 5.84 Å². The highest BCUT2D eigenvalue weighted by Gasteiger charge is 2.06. The van der Waals surface area contributed by atoms with E-state index in [1.165, 1.54) is 23.5 Å². The smallest absolute Gasteiger partial charge is 0.238 e. The van der Waals surface area contributed by atoms with Crippen LogP contribution in [0.5, 0.6) is 0 Å². The van der Waals surface area contributed by atoms with Crippen LogP contribution >= 0.6 is 23.4 Å². The standard InChI is InChI=1S/C11H11ClN4S/c1-7-2-4-8(5-3-7)17-10-9(12)6-14-11(15-10)16-13/h2-6H,13H2,1H3,(H,14,15,16). The molecule has 1 aromatic heterocycles. The third-order valence-electron chi connectivity index (χ3n) is 2.08. The molecule has 88 valence electrons. The molecule has 0 aliphatic rings. The molecule has 0 amide bonds. The van der Waals surface area contributed by atoms with Crippen molar-refractivity contribution < 1.29 is 0 Å². The molecule has 0 atom stereocenters. The second-order valence-corrected chi connectivity index (χ2v) is 4.88. The minimum atomic E-state index is 0.351. The van der Waals surface area contributed by atoms with Crippen LogP contribution in [0, 0.1) is 6.92 Å². The number of halogens is 1. The zero-order valence-corrected chi connectivity index (χ0v) is 10.7. The predicted octanol–water partition coefficient (Wildman–Crippen LogP) is 2.88. The molecular weight excluding hydrogens is 256 g/mol. The lowest BCUT2D eigenvalue weighted by molar-refractivity contribution is 1.03. The van der Waals surface area contributed by atoms with Crippen LogP contribution in [0.1, 0.15) is 5.56 Å². The zero-order chi connectivity index (χ0) is 12.3. The van der Waals surface area contributed by atoms with Crippen LogP contribution in [0.2, 0.25) is 5.02 Å². The summed E-state index contributed by atoms with van der Waals surface area (Å²) in [5.41, 5.74) is 3.61. The SMILES string of the molecule is Cc1ccc(Sc2nc(NN)ncc2Cl)cc1. The first-order valence-corrected chi connectivity index (χ1v) is 6.12. The Kier molecular flexibility index (Phi) is 3.83. The molecule has 0 aliphatic carbocycles. The van der Waals surface area contributed by atoms with Gasteiger partial charge in [0.05, 0.1) is 11.2 Å². The number of nitrogen functional groups attached to an aromatic ring is 1. The summed E-state index contributed by atoms with van der Waals surface area (Å²) >= 11 is 7.49. The van der Waals surface area contributed by atoms with Crippen LogP contribution < -0.4 is 11.3 Å². The summed E-state index contributed by atoms with van der Waals surface area (Å²) in [6.45, 7) is 2.04. The van der Waals surface area contributed by atoms with Gasteiger partial charge in [0.15, 0.2) is 0 Å². The van der Waals surface area contributed by atoms with E-state index in [2.05, 4.69) is 15.4 Å². The number of aryl methyl sites for hydroxylation is 1. The van der Waals surface area contributed by atoms with Crippen molar-refractivity contribution >= 4 is 29.3 Å². The van der Waals surface area contributed by atoms with E-state index < -0.39 is 0 Å². The van der Waals surface area contributed by atoms with Crippen LogP contribution in [-0.4, -0.2) is 9.97 Å². The second kappa shape index (κ2) is 5.35. The van der Waals surface area contributed by atoms with Gasteiger partial charge in [0.2, 0.25) is 5.95 Å². The Morgan fingerprint density at radius 2 is 2.00 bits per heavy atom. The third kappa shape index (κ3) is 3.09. The summed E-state index contributed by atoms with van der Waals surface area (Å²) in [7, 11) is 0. The molecule has 0 saturated carbocycles. The number of nitrogens with two attached hydrogens (primary N) is 1. The Balaban J connectivity index is 2.25. The Labute approximate surface area is 109 Å². The summed E-state index contributed by atoms with van der Waals surface area (Å²) in [5.74, 6) is 5.61. The molecule has 6 heteroatoms. The maximum Gasteiger partial charge on any atom is 0.238 e. The molecule has 4 nitrogen and oxygen atoms in total. The molecule has 2 rings (SSSR count). The van der Waals surface area contributed by atoms with Crippen molar-refractivity contribution in [1.29, 1.82) is 0 Å². The van der Waals surface area contributed by atoms with E-state index in [-0.39, 0.29) is 0 Å². The molecule has 2 aromatic rings. The number of nitrogens with one attached hydrogen (secondary N) is 1.